The number of aromatic hydroxyl groups is 1. The zero-order valence-corrected chi connectivity index (χ0v) is 15.3. The number of nitrogens with zero attached hydrogens (tertiary/aromatic N) is 4. The van der Waals surface area contributed by atoms with E-state index in [0.29, 0.717) is 11.4 Å². The van der Waals surface area contributed by atoms with Gasteiger partial charge in [-0.15, -0.1) is 0 Å². The molecule has 0 radical (unpaired) electrons. The molecule has 0 fully saturated rings. The molecule has 0 unspecified atom stereocenters. The van der Waals surface area contributed by atoms with Crippen LogP contribution in [-0.4, -0.2) is 24.7 Å². The van der Waals surface area contributed by atoms with Crippen molar-refractivity contribution in [1.29, 1.82) is 0 Å². The highest BCUT2D eigenvalue weighted by molar-refractivity contribution is 5.90. The van der Waals surface area contributed by atoms with E-state index in [2.05, 4.69) is 10.2 Å². The summed E-state index contributed by atoms with van der Waals surface area (Å²) in [5, 5.41) is 20.9. The molecule has 6 nitrogen and oxygen atoms in total. The Morgan fingerprint density at radius 3 is 2.59 bits per heavy atom. The van der Waals surface area contributed by atoms with Crippen molar-refractivity contribution >= 4 is 10.8 Å². The first kappa shape index (κ1) is 16.9. The second kappa shape index (κ2) is 6.76. The molecule has 5 rings (SSSR count). The maximum absolute atomic E-state index is 12.6. The normalized spacial score (nSPS) is 11.0. The van der Waals surface area contributed by atoms with Crippen LogP contribution < -0.4 is 5.43 Å². The van der Waals surface area contributed by atoms with E-state index in [4.69, 9.17) is 0 Å². The Bertz CT molecular complexity index is 1400. The summed E-state index contributed by atoms with van der Waals surface area (Å²) in [6.07, 6.45) is 3.24. The molecule has 5 aromatic rings. The van der Waals surface area contributed by atoms with Crippen molar-refractivity contribution < 1.29 is 5.11 Å². The number of fused-ring (bicyclic) bond motifs is 1. The molecule has 140 valence electrons. The van der Waals surface area contributed by atoms with E-state index in [-0.39, 0.29) is 16.9 Å². The smallest absolute Gasteiger partial charge is 0.209 e. The highest BCUT2D eigenvalue weighted by Crippen LogP contribution is 2.25. The molecule has 0 saturated carbocycles. The fraction of sp³-hybridized carbons (Fsp3) is 0. The lowest BCUT2D eigenvalue weighted by Gasteiger charge is -2.11. The molecule has 6 heteroatoms. The van der Waals surface area contributed by atoms with Gasteiger partial charge in [0.05, 0.1) is 23.3 Å². The molecule has 0 atom stereocenters. The van der Waals surface area contributed by atoms with Crippen LogP contribution in [0.3, 0.4) is 0 Å². The number of hydrogen-bond donors (Lipinski definition) is 1. The number of rotatable bonds is 3. The third-order valence-electron chi connectivity index (χ3n) is 4.78. The van der Waals surface area contributed by atoms with Gasteiger partial charge in [-0.1, -0.05) is 42.5 Å². The Labute approximate surface area is 165 Å². The summed E-state index contributed by atoms with van der Waals surface area (Å²) in [5.74, 6) is 0.130. The van der Waals surface area contributed by atoms with Gasteiger partial charge in [-0.25, -0.2) is 9.36 Å². The predicted molar refractivity (Wildman–Crippen MR) is 112 cm³/mol. The van der Waals surface area contributed by atoms with Crippen LogP contribution in [-0.2, 0) is 0 Å². The summed E-state index contributed by atoms with van der Waals surface area (Å²) in [6.45, 7) is 0. The van der Waals surface area contributed by atoms with E-state index < -0.39 is 0 Å². The number of phenols is 1. The number of phenolic OH excluding ortho intramolecular Hbond substituents is 1. The molecule has 0 saturated heterocycles. The quantitative estimate of drug-likeness (QED) is 0.514. The Morgan fingerprint density at radius 2 is 1.69 bits per heavy atom. The molecular weight excluding hydrogens is 364 g/mol. The van der Waals surface area contributed by atoms with Crippen molar-refractivity contribution in [2.45, 2.75) is 0 Å². The molecule has 0 aliphatic rings. The monoisotopic (exact) mass is 380 g/mol. The van der Waals surface area contributed by atoms with Crippen LogP contribution in [0.25, 0.3) is 33.5 Å². The Balaban J connectivity index is 1.70. The summed E-state index contributed by atoms with van der Waals surface area (Å²) < 4.78 is 3.30. The summed E-state index contributed by atoms with van der Waals surface area (Å²) in [6, 6.07) is 24.0. The lowest BCUT2D eigenvalue weighted by molar-refractivity contribution is 0.475. The average Bonchev–Trinajstić information content (AvgIpc) is 3.23. The highest BCUT2D eigenvalue weighted by atomic mass is 16.3. The van der Waals surface area contributed by atoms with Gasteiger partial charge in [0.2, 0.25) is 5.43 Å². The van der Waals surface area contributed by atoms with Crippen LogP contribution in [0.4, 0.5) is 0 Å². The summed E-state index contributed by atoms with van der Waals surface area (Å²) >= 11 is 0. The van der Waals surface area contributed by atoms with Crippen molar-refractivity contribution in [2.24, 2.45) is 0 Å². The van der Waals surface area contributed by atoms with Gasteiger partial charge >= 0.3 is 0 Å². The van der Waals surface area contributed by atoms with E-state index >= 15 is 0 Å². The first-order valence-corrected chi connectivity index (χ1v) is 9.13. The van der Waals surface area contributed by atoms with Crippen LogP contribution >= 0.6 is 0 Å². The minimum Gasteiger partial charge on any atom is -0.508 e. The predicted octanol–water partition coefficient (Wildman–Crippen LogP) is 3.94. The van der Waals surface area contributed by atoms with Crippen LogP contribution in [0, 0.1) is 0 Å². The van der Waals surface area contributed by atoms with Crippen molar-refractivity contribution in [3.8, 4) is 28.5 Å². The first-order chi connectivity index (χ1) is 14.2. The van der Waals surface area contributed by atoms with Crippen LogP contribution in [0.15, 0.2) is 96.1 Å². The minimum atomic E-state index is -0.205. The van der Waals surface area contributed by atoms with Crippen LogP contribution in [0.5, 0.6) is 5.75 Å². The van der Waals surface area contributed by atoms with Crippen LogP contribution in [0.2, 0.25) is 0 Å². The molecule has 0 aliphatic carbocycles. The second-order valence-electron chi connectivity index (χ2n) is 6.62. The highest BCUT2D eigenvalue weighted by Gasteiger charge is 2.15. The standard InChI is InChI=1S/C23H16N4O2/c28-18-8-4-7-17(15-18)26-14-12-22(29)23(25-26)21-11-13-24-27(21)20-10-3-6-16-5-1-2-9-19(16)20/h1-15,28H. The Hall–Kier alpha value is -4.19. The fourth-order valence-electron chi connectivity index (χ4n) is 3.43. The van der Waals surface area contributed by atoms with Crippen molar-refractivity contribution in [3.05, 3.63) is 101 Å². The van der Waals surface area contributed by atoms with Gasteiger partial charge in [-0.3, -0.25) is 4.79 Å². The summed E-state index contributed by atoms with van der Waals surface area (Å²) in [7, 11) is 0. The molecule has 0 amide bonds. The largest absolute Gasteiger partial charge is 0.508 e. The molecule has 0 spiro atoms. The SMILES string of the molecule is O=c1ccn(-c2cccc(O)c2)nc1-c1ccnn1-c1cccc2ccccc12. The average molecular weight is 380 g/mol. The van der Waals surface area contributed by atoms with E-state index in [9.17, 15) is 9.90 Å². The molecule has 0 bridgehead atoms. The summed E-state index contributed by atoms with van der Waals surface area (Å²) in [4.78, 5) is 12.6. The van der Waals surface area contributed by atoms with Crippen molar-refractivity contribution in [3.63, 3.8) is 0 Å². The molecular formula is C23H16N4O2. The Morgan fingerprint density at radius 1 is 0.862 bits per heavy atom. The van der Waals surface area contributed by atoms with E-state index in [1.54, 1.807) is 46.0 Å². The molecule has 3 aromatic carbocycles. The van der Waals surface area contributed by atoms with Gasteiger partial charge in [0.15, 0.2) is 5.69 Å². The molecule has 2 aromatic heterocycles. The fourth-order valence-corrected chi connectivity index (χ4v) is 3.43. The molecule has 0 aliphatic heterocycles. The third kappa shape index (κ3) is 2.96. The zero-order chi connectivity index (χ0) is 19.8. The first-order valence-electron chi connectivity index (χ1n) is 9.13. The van der Waals surface area contributed by atoms with Crippen LogP contribution in [0.1, 0.15) is 0 Å². The van der Waals surface area contributed by atoms with E-state index in [1.807, 2.05) is 48.5 Å². The zero-order valence-electron chi connectivity index (χ0n) is 15.3. The Kier molecular flexibility index (Phi) is 3.95. The lowest BCUT2D eigenvalue weighted by Crippen LogP contribution is -2.14. The van der Waals surface area contributed by atoms with Gasteiger partial charge in [0.1, 0.15) is 5.75 Å². The number of hydrogen-bond acceptors (Lipinski definition) is 4. The van der Waals surface area contributed by atoms with Gasteiger partial charge in [0.25, 0.3) is 0 Å². The second-order valence-corrected chi connectivity index (χ2v) is 6.62. The van der Waals surface area contributed by atoms with Crippen molar-refractivity contribution in [1.82, 2.24) is 19.6 Å². The van der Waals surface area contributed by atoms with Crippen molar-refractivity contribution in [2.75, 3.05) is 0 Å². The van der Waals surface area contributed by atoms with E-state index in [1.165, 1.54) is 6.07 Å². The van der Waals surface area contributed by atoms with Gasteiger partial charge in [0, 0.05) is 23.7 Å². The number of benzene rings is 3. The molecule has 1 N–H and O–H groups in total. The lowest BCUT2D eigenvalue weighted by atomic mass is 10.1. The molecule has 29 heavy (non-hydrogen) atoms. The summed E-state index contributed by atoms with van der Waals surface area (Å²) in [5.41, 5.74) is 2.20. The topological polar surface area (TPSA) is 72.9 Å². The van der Waals surface area contributed by atoms with E-state index in [0.717, 1.165) is 16.5 Å². The maximum atomic E-state index is 12.6. The minimum absolute atomic E-state index is 0.130. The van der Waals surface area contributed by atoms with Gasteiger partial charge < -0.3 is 5.11 Å². The van der Waals surface area contributed by atoms with Gasteiger partial charge in [-0.05, 0) is 29.7 Å². The maximum Gasteiger partial charge on any atom is 0.209 e. The third-order valence-corrected chi connectivity index (χ3v) is 4.78. The number of aromatic nitrogens is 4. The molecule has 2 heterocycles. The van der Waals surface area contributed by atoms with Gasteiger partial charge in [-0.2, -0.15) is 10.2 Å².